The zero-order valence-electron chi connectivity index (χ0n) is 12.6. The molecule has 0 unspecified atom stereocenters. The first kappa shape index (κ1) is 17.4. The average molecular weight is 339 g/mol. The molecule has 2 rings (SSSR count). The highest BCUT2D eigenvalue weighted by molar-refractivity contribution is 7.07. The molecule has 0 fully saturated rings. The highest BCUT2D eigenvalue weighted by Gasteiger charge is 2.16. The Labute approximate surface area is 137 Å². The Morgan fingerprint density at radius 2 is 2.26 bits per heavy atom. The lowest BCUT2D eigenvalue weighted by Gasteiger charge is -2.17. The number of aliphatic hydroxyl groups is 1. The van der Waals surface area contributed by atoms with Crippen molar-refractivity contribution in [3.05, 3.63) is 52.0 Å². The predicted octanol–water partition coefficient (Wildman–Crippen LogP) is 2.38. The van der Waals surface area contributed by atoms with Crippen LogP contribution in [0.5, 0.6) is 5.75 Å². The van der Waals surface area contributed by atoms with E-state index in [2.05, 4.69) is 5.32 Å². The lowest BCUT2D eigenvalue weighted by Crippen LogP contribution is -2.29. The summed E-state index contributed by atoms with van der Waals surface area (Å²) in [6.07, 6.45) is -0.361. The summed E-state index contributed by atoms with van der Waals surface area (Å²) in [5.74, 6) is -0.908. The summed E-state index contributed by atoms with van der Waals surface area (Å²) in [6.45, 7) is 0.301. The van der Waals surface area contributed by atoms with Crippen molar-refractivity contribution in [2.75, 3.05) is 26.9 Å². The summed E-state index contributed by atoms with van der Waals surface area (Å²) in [6, 6.07) is 5.92. The third-order valence-electron chi connectivity index (χ3n) is 3.19. The van der Waals surface area contributed by atoms with E-state index in [4.69, 9.17) is 14.6 Å². The monoisotopic (exact) mass is 339 g/mol. The molecule has 0 saturated heterocycles. The van der Waals surface area contributed by atoms with Gasteiger partial charge < -0.3 is 19.9 Å². The number of hydrogen-bond acceptors (Lipinski definition) is 5. The first-order valence-corrected chi connectivity index (χ1v) is 7.96. The largest absolute Gasteiger partial charge is 0.494 e. The van der Waals surface area contributed by atoms with Gasteiger partial charge in [0.1, 0.15) is 6.10 Å². The van der Waals surface area contributed by atoms with Gasteiger partial charge in [-0.05, 0) is 40.6 Å². The maximum Gasteiger partial charge on any atom is 0.251 e. The zero-order valence-corrected chi connectivity index (χ0v) is 13.4. The molecular weight excluding hydrogens is 321 g/mol. The second-order valence-electron chi connectivity index (χ2n) is 4.70. The number of benzene rings is 1. The molecular formula is C16H18FNO4S. The number of rotatable bonds is 8. The van der Waals surface area contributed by atoms with Gasteiger partial charge >= 0.3 is 0 Å². The summed E-state index contributed by atoms with van der Waals surface area (Å²) in [4.78, 5) is 12.1. The Balaban J connectivity index is 1.99. The van der Waals surface area contributed by atoms with Gasteiger partial charge in [-0.1, -0.05) is 0 Å². The Morgan fingerprint density at radius 3 is 2.87 bits per heavy atom. The second-order valence-corrected chi connectivity index (χ2v) is 5.48. The molecule has 0 aliphatic carbocycles. The van der Waals surface area contributed by atoms with E-state index in [1.54, 1.807) is 0 Å². The number of methoxy groups -OCH3 is 1. The number of aliphatic hydroxyl groups excluding tert-OH is 1. The van der Waals surface area contributed by atoms with E-state index in [9.17, 15) is 9.18 Å². The summed E-state index contributed by atoms with van der Waals surface area (Å²) in [7, 11) is 1.36. The molecule has 1 heterocycles. The van der Waals surface area contributed by atoms with Crippen LogP contribution in [0.3, 0.4) is 0 Å². The van der Waals surface area contributed by atoms with Crippen molar-refractivity contribution in [3.63, 3.8) is 0 Å². The number of amides is 1. The minimum atomic E-state index is -0.592. The van der Waals surface area contributed by atoms with Crippen molar-refractivity contribution in [3.8, 4) is 5.75 Å². The van der Waals surface area contributed by atoms with Crippen LogP contribution in [0.4, 0.5) is 4.39 Å². The number of carbonyl (C=O) groups is 1. The van der Waals surface area contributed by atoms with Crippen LogP contribution in [0, 0.1) is 5.82 Å². The minimum absolute atomic E-state index is 0.0870. The predicted molar refractivity (Wildman–Crippen MR) is 85.4 cm³/mol. The smallest absolute Gasteiger partial charge is 0.251 e. The number of nitrogens with one attached hydrogen (secondary N) is 1. The Bertz CT molecular complexity index is 633. The number of ether oxygens (including phenoxy) is 2. The van der Waals surface area contributed by atoms with E-state index in [0.717, 1.165) is 11.6 Å². The molecule has 1 aromatic carbocycles. The molecule has 0 saturated carbocycles. The second kappa shape index (κ2) is 8.61. The molecule has 1 atom stereocenters. The van der Waals surface area contributed by atoms with E-state index in [-0.39, 0.29) is 37.2 Å². The zero-order chi connectivity index (χ0) is 16.7. The molecule has 124 valence electrons. The number of thiophene rings is 1. The van der Waals surface area contributed by atoms with Gasteiger partial charge in [0.2, 0.25) is 0 Å². The third kappa shape index (κ3) is 4.75. The third-order valence-corrected chi connectivity index (χ3v) is 3.89. The lowest BCUT2D eigenvalue weighted by molar-refractivity contribution is 0.0279. The molecule has 1 amide bonds. The fourth-order valence-electron chi connectivity index (χ4n) is 2.02. The van der Waals surface area contributed by atoms with Crippen molar-refractivity contribution >= 4 is 17.2 Å². The molecule has 0 radical (unpaired) electrons. The summed E-state index contributed by atoms with van der Waals surface area (Å²) in [5.41, 5.74) is 1.12. The van der Waals surface area contributed by atoms with Gasteiger partial charge in [-0.15, -0.1) is 0 Å². The molecule has 2 N–H and O–H groups in total. The van der Waals surface area contributed by atoms with E-state index in [1.165, 1.54) is 30.6 Å². The van der Waals surface area contributed by atoms with Gasteiger partial charge in [0.05, 0.1) is 20.3 Å². The Hall–Kier alpha value is -1.96. The first-order valence-electron chi connectivity index (χ1n) is 7.02. The van der Waals surface area contributed by atoms with Crippen LogP contribution >= 0.6 is 11.3 Å². The fourth-order valence-corrected chi connectivity index (χ4v) is 2.72. The van der Waals surface area contributed by atoms with Crippen LogP contribution in [0.25, 0.3) is 0 Å². The SMILES string of the molecule is COc1ccc(C(=O)NC[C@@H](OCCO)c2ccsc2)cc1F. The maximum atomic E-state index is 13.6. The van der Waals surface area contributed by atoms with Crippen LogP contribution in [-0.2, 0) is 4.74 Å². The highest BCUT2D eigenvalue weighted by atomic mass is 32.1. The number of carbonyl (C=O) groups excluding carboxylic acids is 1. The van der Waals surface area contributed by atoms with Gasteiger partial charge in [-0.3, -0.25) is 4.79 Å². The van der Waals surface area contributed by atoms with E-state index in [1.807, 2.05) is 16.8 Å². The molecule has 0 spiro atoms. The van der Waals surface area contributed by atoms with Crippen molar-refractivity contribution in [1.29, 1.82) is 0 Å². The number of halogens is 1. The molecule has 0 bridgehead atoms. The first-order chi connectivity index (χ1) is 11.2. The summed E-state index contributed by atoms with van der Waals surface area (Å²) < 4.78 is 24.0. The molecule has 7 heteroatoms. The van der Waals surface area contributed by atoms with Gasteiger partial charge in [-0.2, -0.15) is 11.3 Å². The van der Waals surface area contributed by atoms with Crippen molar-refractivity contribution in [1.82, 2.24) is 5.32 Å². The standard InChI is InChI=1S/C16H18FNO4S/c1-21-14-3-2-11(8-13(14)17)16(20)18-9-15(22-6-5-19)12-4-7-23-10-12/h2-4,7-8,10,15,19H,5-6,9H2,1H3,(H,18,20)/t15-/m1/s1. The van der Waals surface area contributed by atoms with Crippen molar-refractivity contribution < 1.29 is 23.8 Å². The van der Waals surface area contributed by atoms with Crippen molar-refractivity contribution in [2.24, 2.45) is 0 Å². The Kier molecular flexibility index (Phi) is 6.52. The molecule has 1 aromatic heterocycles. The van der Waals surface area contributed by atoms with Crippen LogP contribution in [0.1, 0.15) is 22.0 Å². The van der Waals surface area contributed by atoms with Gasteiger partial charge in [-0.25, -0.2) is 4.39 Å². The van der Waals surface area contributed by atoms with Crippen molar-refractivity contribution in [2.45, 2.75) is 6.10 Å². The summed E-state index contributed by atoms with van der Waals surface area (Å²) in [5, 5.41) is 15.4. The van der Waals surface area contributed by atoms with Crippen LogP contribution < -0.4 is 10.1 Å². The van der Waals surface area contributed by atoms with Gasteiger partial charge in [0.25, 0.3) is 5.91 Å². The van der Waals surface area contributed by atoms with E-state index >= 15 is 0 Å². The minimum Gasteiger partial charge on any atom is -0.494 e. The van der Waals surface area contributed by atoms with Gasteiger partial charge in [0, 0.05) is 12.1 Å². The Morgan fingerprint density at radius 1 is 1.43 bits per heavy atom. The topological polar surface area (TPSA) is 67.8 Å². The highest BCUT2D eigenvalue weighted by Crippen LogP contribution is 2.20. The molecule has 23 heavy (non-hydrogen) atoms. The summed E-state index contributed by atoms with van der Waals surface area (Å²) >= 11 is 1.52. The maximum absolute atomic E-state index is 13.6. The molecule has 2 aromatic rings. The molecule has 0 aliphatic rings. The quantitative estimate of drug-likeness (QED) is 0.775. The van der Waals surface area contributed by atoms with E-state index < -0.39 is 11.7 Å². The van der Waals surface area contributed by atoms with Crippen LogP contribution in [-0.4, -0.2) is 37.9 Å². The molecule has 5 nitrogen and oxygen atoms in total. The van der Waals surface area contributed by atoms with Gasteiger partial charge in [0.15, 0.2) is 11.6 Å². The van der Waals surface area contributed by atoms with Crippen LogP contribution in [0.2, 0.25) is 0 Å². The van der Waals surface area contributed by atoms with E-state index in [0.29, 0.717) is 0 Å². The molecule has 0 aliphatic heterocycles. The lowest BCUT2D eigenvalue weighted by atomic mass is 10.1. The number of hydrogen-bond donors (Lipinski definition) is 2. The normalized spacial score (nSPS) is 12.0. The average Bonchev–Trinajstić information content (AvgIpc) is 3.09. The fraction of sp³-hybridized carbons (Fsp3) is 0.312. The van der Waals surface area contributed by atoms with Crippen LogP contribution in [0.15, 0.2) is 35.0 Å².